The van der Waals surface area contributed by atoms with Gasteiger partial charge in [0, 0.05) is 17.1 Å². The highest BCUT2D eigenvalue weighted by molar-refractivity contribution is 6.31. The predicted molar refractivity (Wildman–Crippen MR) is 91.7 cm³/mol. The quantitative estimate of drug-likeness (QED) is 0.759. The monoisotopic (exact) mass is 353 g/mol. The van der Waals surface area contributed by atoms with Crippen molar-refractivity contribution in [2.24, 2.45) is 0 Å². The Morgan fingerprint density at radius 2 is 1.96 bits per heavy atom. The van der Waals surface area contributed by atoms with Crippen LogP contribution in [0.2, 0.25) is 5.02 Å². The summed E-state index contributed by atoms with van der Waals surface area (Å²) >= 11 is 6.39. The third kappa shape index (κ3) is 4.14. The smallest absolute Gasteiger partial charge is 0.307 e. The molecule has 0 N–H and O–H groups in total. The van der Waals surface area contributed by atoms with Gasteiger partial charge in [-0.2, -0.15) is 0 Å². The second-order valence-electron chi connectivity index (χ2n) is 7.33. The molecular formula is C18H24ClNO4. The van der Waals surface area contributed by atoms with Gasteiger partial charge in [-0.3, -0.25) is 9.69 Å². The molecular weight excluding hydrogens is 330 g/mol. The van der Waals surface area contributed by atoms with Gasteiger partial charge in [-0.25, -0.2) is 0 Å². The Morgan fingerprint density at radius 1 is 1.29 bits per heavy atom. The average molecular weight is 354 g/mol. The van der Waals surface area contributed by atoms with Gasteiger partial charge in [0.15, 0.2) is 11.5 Å². The molecule has 1 aromatic rings. The molecule has 0 bridgehead atoms. The average Bonchev–Trinajstić information content (AvgIpc) is 2.81. The first kappa shape index (κ1) is 17.4. The molecule has 1 aromatic carbocycles. The molecule has 0 aromatic heterocycles. The largest absolute Gasteiger partial charge is 0.460 e. The maximum atomic E-state index is 12.2. The molecule has 2 heterocycles. The van der Waals surface area contributed by atoms with Crippen LogP contribution < -0.4 is 9.47 Å². The third-order valence-electron chi connectivity index (χ3n) is 4.23. The predicted octanol–water partition coefficient (Wildman–Crippen LogP) is 3.42. The van der Waals surface area contributed by atoms with Crippen molar-refractivity contribution in [3.05, 3.63) is 22.7 Å². The van der Waals surface area contributed by atoms with E-state index in [9.17, 15) is 4.79 Å². The molecule has 1 saturated heterocycles. The molecule has 0 amide bonds. The van der Waals surface area contributed by atoms with E-state index in [4.69, 9.17) is 25.8 Å². The Bertz CT molecular complexity index is 622. The zero-order chi connectivity index (χ0) is 17.3. The van der Waals surface area contributed by atoms with Gasteiger partial charge >= 0.3 is 5.97 Å². The fourth-order valence-corrected chi connectivity index (χ4v) is 3.21. The summed E-state index contributed by atoms with van der Waals surface area (Å²) in [5.74, 6) is 1.22. The molecule has 1 unspecified atom stereocenters. The number of hydrogen-bond donors (Lipinski definition) is 0. The first-order valence-electron chi connectivity index (χ1n) is 8.36. The summed E-state index contributed by atoms with van der Waals surface area (Å²) in [6, 6.07) is 3.80. The van der Waals surface area contributed by atoms with Gasteiger partial charge in [0.2, 0.25) is 6.79 Å². The summed E-state index contributed by atoms with van der Waals surface area (Å²) in [7, 11) is 0. The van der Waals surface area contributed by atoms with Gasteiger partial charge < -0.3 is 14.2 Å². The first-order chi connectivity index (χ1) is 11.3. The Kier molecular flexibility index (Phi) is 4.92. The lowest BCUT2D eigenvalue weighted by molar-refractivity contribution is -0.156. The molecule has 3 rings (SSSR count). The van der Waals surface area contributed by atoms with Crippen molar-refractivity contribution in [2.45, 2.75) is 51.7 Å². The van der Waals surface area contributed by atoms with Crippen molar-refractivity contribution >= 4 is 17.6 Å². The molecule has 1 fully saturated rings. The number of likely N-dealkylation sites (tertiary alicyclic amines) is 1. The number of rotatable bonds is 5. The minimum atomic E-state index is -0.465. The number of fused-ring (bicyclic) bond motifs is 1. The summed E-state index contributed by atoms with van der Waals surface area (Å²) in [6.45, 7) is 7.91. The summed E-state index contributed by atoms with van der Waals surface area (Å²) < 4.78 is 16.3. The fraction of sp³-hybridized carbons (Fsp3) is 0.611. The van der Waals surface area contributed by atoms with Crippen molar-refractivity contribution in [3.8, 4) is 11.5 Å². The van der Waals surface area contributed by atoms with E-state index < -0.39 is 5.60 Å². The topological polar surface area (TPSA) is 48.0 Å². The van der Waals surface area contributed by atoms with Crippen molar-refractivity contribution < 1.29 is 19.0 Å². The second-order valence-corrected chi connectivity index (χ2v) is 7.74. The number of esters is 1. The number of nitrogens with zero attached hydrogens (tertiary/aromatic N) is 1. The molecule has 132 valence electrons. The number of ether oxygens (including phenoxy) is 3. The lowest BCUT2D eigenvalue weighted by atomic mass is 9.98. The van der Waals surface area contributed by atoms with E-state index in [0.717, 1.165) is 18.7 Å². The van der Waals surface area contributed by atoms with Gasteiger partial charge in [-0.15, -0.1) is 0 Å². The number of hydrogen-bond acceptors (Lipinski definition) is 5. The summed E-state index contributed by atoms with van der Waals surface area (Å²) in [6.07, 6.45) is 2.22. The number of benzene rings is 1. The lowest BCUT2D eigenvalue weighted by Crippen LogP contribution is -2.47. The third-order valence-corrected chi connectivity index (χ3v) is 4.58. The highest BCUT2D eigenvalue weighted by Crippen LogP contribution is 2.37. The highest BCUT2D eigenvalue weighted by atomic mass is 35.5. The number of halogens is 1. The minimum Gasteiger partial charge on any atom is -0.460 e. The molecule has 0 saturated carbocycles. The summed E-state index contributed by atoms with van der Waals surface area (Å²) in [4.78, 5) is 14.6. The highest BCUT2D eigenvalue weighted by Gasteiger charge is 2.29. The zero-order valence-corrected chi connectivity index (χ0v) is 15.2. The standard InChI is InChI=1S/C18H24ClNO4/c1-18(2,3)24-17(21)9-13(20-5-4-6-20)7-12-8-15-16(10-14(12)19)23-11-22-15/h8,10,13H,4-7,9,11H2,1-3H3. The Hall–Kier alpha value is -1.46. The number of carbonyl (C=O) groups is 1. The van der Waals surface area contributed by atoms with Gasteiger partial charge in [0.25, 0.3) is 0 Å². The van der Waals surface area contributed by atoms with E-state index in [-0.39, 0.29) is 18.8 Å². The molecule has 24 heavy (non-hydrogen) atoms. The lowest BCUT2D eigenvalue weighted by Gasteiger charge is -2.38. The molecule has 2 aliphatic rings. The van der Waals surface area contributed by atoms with Crippen LogP contribution in [0.25, 0.3) is 0 Å². The van der Waals surface area contributed by atoms with Crippen molar-refractivity contribution in [1.82, 2.24) is 4.90 Å². The van der Waals surface area contributed by atoms with E-state index in [1.807, 2.05) is 26.8 Å². The van der Waals surface area contributed by atoms with Crippen LogP contribution in [-0.2, 0) is 16.0 Å². The van der Waals surface area contributed by atoms with Gasteiger partial charge in [-0.1, -0.05) is 11.6 Å². The Morgan fingerprint density at radius 3 is 2.54 bits per heavy atom. The Balaban J connectivity index is 1.72. The maximum absolute atomic E-state index is 12.2. The van der Waals surface area contributed by atoms with E-state index in [1.54, 1.807) is 6.07 Å². The molecule has 5 nitrogen and oxygen atoms in total. The SMILES string of the molecule is CC(C)(C)OC(=O)CC(Cc1cc2c(cc1Cl)OCO2)N1CCC1. The molecule has 0 radical (unpaired) electrons. The molecule has 1 atom stereocenters. The van der Waals surface area contributed by atoms with Crippen molar-refractivity contribution in [3.63, 3.8) is 0 Å². The second kappa shape index (κ2) is 6.81. The van der Waals surface area contributed by atoms with E-state index in [0.29, 0.717) is 29.4 Å². The van der Waals surface area contributed by atoms with Gasteiger partial charge in [-0.05, 0) is 58.3 Å². The van der Waals surface area contributed by atoms with Crippen LogP contribution >= 0.6 is 11.6 Å². The molecule has 6 heteroatoms. The summed E-state index contributed by atoms with van der Waals surface area (Å²) in [5, 5.41) is 0.647. The zero-order valence-electron chi connectivity index (χ0n) is 14.4. The van der Waals surface area contributed by atoms with Crippen LogP contribution in [0.15, 0.2) is 12.1 Å². The minimum absolute atomic E-state index is 0.0893. The molecule has 0 spiro atoms. The molecule has 2 aliphatic heterocycles. The van der Waals surface area contributed by atoms with Crippen molar-refractivity contribution in [1.29, 1.82) is 0 Å². The van der Waals surface area contributed by atoms with E-state index >= 15 is 0 Å². The fourth-order valence-electron chi connectivity index (χ4n) is 2.98. The molecule has 0 aliphatic carbocycles. The summed E-state index contributed by atoms with van der Waals surface area (Å²) in [5.41, 5.74) is 0.508. The van der Waals surface area contributed by atoms with Crippen LogP contribution in [0, 0.1) is 0 Å². The van der Waals surface area contributed by atoms with Crippen molar-refractivity contribution in [2.75, 3.05) is 19.9 Å². The van der Waals surface area contributed by atoms with E-state index in [2.05, 4.69) is 4.90 Å². The van der Waals surface area contributed by atoms with Crippen LogP contribution in [0.4, 0.5) is 0 Å². The van der Waals surface area contributed by atoms with Crippen LogP contribution in [0.5, 0.6) is 11.5 Å². The van der Waals surface area contributed by atoms with E-state index in [1.165, 1.54) is 6.42 Å². The first-order valence-corrected chi connectivity index (χ1v) is 8.73. The maximum Gasteiger partial charge on any atom is 0.307 e. The Labute approximate surface area is 147 Å². The normalized spacial score (nSPS) is 18.2. The van der Waals surface area contributed by atoms with Crippen LogP contribution in [0.1, 0.15) is 39.2 Å². The van der Waals surface area contributed by atoms with Gasteiger partial charge in [0.1, 0.15) is 5.60 Å². The van der Waals surface area contributed by atoms with Crippen LogP contribution in [-0.4, -0.2) is 42.4 Å². The van der Waals surface area contributed by atoms with Gasteiger partial charge in [0.05, 0.1) is 6.42 Å². The number of carbonyl (C=O) groups excluding carboxylic acids is 1. The van der Waals surface area contributed by atoms with Crippen LogP contribution in [0.3, 0.4) is 0 Å².